The Morgan fingerprint density at radius 2 is 1.80 bits per heavy atom. The zero-order valence-electron chi connectivity index (χ0n) is 18.2. The second kappa shape index (κ2) is 9.94. The molecule has 7 nitrogen and oxygen atoms in total. The molecule has 1 saturated heterocycles. The number of anilines is 1. The molecule has 3 aromatic rings. The van der Waals surface area contributed by atoms with Crippen molar-refractivity contribution in [3.8, 4) is 11.5 Å². The number of rotatable bonds is 6. The van der Waals surface area contributed by atoms with Crippen molar-refractivity contribution in [1.82, 2.24) is 5.32 Å². The Morgan fingerprint density at radius 1 is 1.03 bits per heavy atom. The molecule has 0 unspecified atom stereocenters. The highest BCUT2D eigenvalue weighted by Crippen LogP contribution is 2.38. The molecule has 1 aliphatic heterocycles. The number of hydrogen-bond donors (Lipinski definition) is 1. The predicted octanol–water partition coefficient (Wildman–Crippen LogP) is 4.87. The van der Waals surface area contributed by atoms with Gasteiger partial charge in [0.15, 0.2) is 11.5 Å². The molecule has 3 aromatic carbocycles. The molecule has 0 atom stereocenters. The summed E-state index contributed by atoms with van der Waals surface area (Å²) in [6.45, 7) is -0.116. The summed E-state index contributed by atoms with van der Waals surface area (Å²) in [6, 6.07) is 12.8. The van der Waals surface area contributed by atoms with Gasteiger partial charge in [0.1, 0.15) is 23.8 Å². The van der Waals surface area contributed by atoms with Gasteiger partial charge >= 0.3 is 6.03 Å². The highest BCUT2D eigenvalue weighted by Gasteiger charge is 2.37. The number of carbonyl (C=O) groups excluding carboxylic acids is 3. The van der Waals surface area contributed by atoms with Crippen LogP contribution in [0.4, 0.5) is 19.3 Å². The number of nitrogens with one attached hydrogen (secondary N) is 1. The second-order valence-electron chi connectivity index (χ2n) is 7.35. The smallest absolute Gasteiger partial charge is 0.335 e. The van der Waals surface area contributed by atoms with E-state index in [2.05, 4.69) is 5.32 Å². The first-order valence-electron chi connectivity index (χ1n) is 10.2. The van der Waals surface area contributed by atoms with Crippen molar-refractivity contribution in [2.45, 2.75) is 6.61 Å². The number of barbiturate groups is 1. The van der Waals surface area contributed by atoms with Gasteiger partial charge in [-0.1, -0.05) is 35.9 Å². The van der Waals surface area contributed by atoms with Gasteiger partial charge in [-0.25, -0.2) is 18.5 Å². The minimum absolute atomic E-state index is 0.0431. The molecule has 1 N–H and O–H groups in total. The molecule has 35 heavy (non-hydrogen) atoms. The minimum atomic E-state index is -1.00. The van der Waals surface area contributed by atoms with Gasteiger partial charge < -0.3 is 9.47 Å². The maximum Gasteiger partial charge on any atom is 0.335 e. The third kappa shape index (κ3) is 4.99. The van der Waals surface area contributed by atoms with Gasteiger partial charge in [-0.2, -0.15) is 0 Å². The number of carbonyl (C=O) groups is 3. The molecular weight excluding hydrogens is 482 g/mol. The van der Waals surface area contributed by atoms with Crippen molar-refractivity contribution in [2.24, 2.45) is 0 Å². The van der Waals surface area contributed by atoms with Crippen LogP contribution in [-0.4, -0.2) is 25.0 Å². The Labute approximate surface area is 203 Å². The van der Waals surface area contributed by atoms with Crippen molar-refractivity contribution in [3.05, 3.63) is 94.0 Å². The number of amides is 4. The van der Waals surface area contributed by atoms with Crippen LogP contribution in [0.5, 0.6) is 11.5 Å². The van der Waals surface area contributed by atoms with Gasteiger partial charge in [-0.05, 0) is 48.0 Å². The van der Waals surface area contributed by atoms with Gasteiger partial charge in [0, 0.05) is 5.56 Å². The van der Waals surface area contributed by atoms with Crippen LogP contribution in [-0.2, 0) is 16.2 Å². The number of hydrogen-bond acceptors (Lipinski definition) is 5. The second-order valence-corrected chi connectivity index (χ2v) is 7.76. The average Bonchev–Trinajstić information content (AvgIpc) is 2.81. The lowest BCUT2D eigenvalue weighted by molar-refractivity contribution is -0.122. The first kappa shape index (κ1) is 23.9. The lowest BCUT2D eigenvalue weighted by Gasteiger charge is -2.26. The fraction of sp³-hybridized carbons (Fsp3) is 0.0800. The third-order valence-corrected chi connectivity index (χ3v) is 5.34. The van der Waals surface area contributed by atoms with E-state index in [1.165, 1.54) is 43.5 Å². The van der Waals surface area contributed by atoms with E-state index in [-0.39, 0.29) is 40.0 Å². The van der Waals surface area contributed by atoms with Gasteiger partial charge in [0.05, 0.1) is 17.8 Å². The van der Waals surface area contributed by atoms with Crippen LogP contribution >= 0.6 is 11.6 Å². The standard InChI is InChI=1S/C25H17ClF2N2O5/c1-34-21-11-14(10-19(26)22(21)35-13-15-5-2-3-8-20(15)28)9-18-23(31)29-25(33)30(24(18)32)17-7-4-6-16(27)12-17/h2-12H,13H2,1H3,(H,29,31,33)/b18-9+. The van der Waals surface area contributed by atoms with E-state index in [9.17, 15) is 23.2 Å². The SMILES string of the molecule is COc1cc(/C=C2\C(=O)NC(=O)N(c3cccc(F)c3)C2=O)cc(Cl)c1OCc1ccccc1F. The van der Waals surface area contributed by atoms with Crippen molar-refractivity contribution in [1.29, 1.82) is 0 Å². The molecule has 0 saturated carbocycles. The molecular formula is C25H17ClF2N2O5. The molecule has 0 radical (unpaired) electrons. The number of halogens is 3. The molecule has 0 bridgehead atoms. The van der Waals surface area contributed by atoms with Crippen molar-refractivity contribution >= 4 is 41.2 Å². The number of nitrogens with zero attached hydrogens (tertiary/aromatic N) is 1. The quantitative estimate of drug-likeness (QED) is 0.387. The zero-order valence-corrected chi connectivity index (χ0v) is 18.9. The maximum atomic E-state index is 13.9. The summed E-state index contributed by atoms with van der Waals surface area (Å²) in [5.41, 5.74) is 0.172. The minimum Gasteiger partial charge on any atom is -0.493 e. The monoisotopic (exact) mass is 498 g/mol. The predicted molar refractivity (Wildman–Crippen MR) is 124 cm³/mol. The van der Waals surface area contributed by atoms with E-state index in [1.54, 1.807) is 18.2 Å². The summed E-state index contributed by atoms with van der Waals surface area (Å²) >= 11 is 6.36. The largest absolute Gasteiger partial charge is 0.493 e. The van der Waals surface area contributed by atoms with Gasteiger partial charge in [0.2, 0.25) is 0 Å². The summed E-state index contributed by atoms with van der Waals surface area (Å²) < 4.78 is 38.5. The molecule has 4 rings (SSSR count). The topological polar surface area (TPSA) is 84.9 Å². The molecule has 178 valence electrons. The Balaban J connectivity index is 1.65. The Morgan fingerprint density at radius 3 is 2.51 bits per heavy atom. The number of urea groups is 1. The summed E-state index contributed by atoms with van der Waals surface area (Å²) in [7, 11) is 1.36. The normalized spacial score (nSPS) is 14.8. The molecule has 4 amide bonds. The number of imide groups is 2. The molecule has 1 aliphatic rings. The van der Waals surface area contributed by atoms with Crippen molar-refractivity contribution < 1.29 is 32.6 Å². The molecule has 0 aliphatic carbocycles. The summed E-state index contributed by atoms with van der Waals surface area (Å²) in [4.78, 5) is 38.3. The van der Waals surface area contributed by atoms with Gasteiger partial charge in [0.25, 0.3) is 11.8 Å². The molecule has 1 fully saturated rings. The maximum absolute atomic E-state index is 13.9. The van der Waals surface area contributed by atoms with E-state index in [0.29, 0.717) is 10.5 Å². The molecule has 10 heteroatoms. The van der Waals surface area contributed by atoms with E-state index >= 15 is 0 Å². The number of ether oxygens (including phenoxy) is 2. The Kier molecular flexibility index (Phi) is 6.79. The van der Waals surface area contributed by atoms with Crippen molar-refractivity contribution in [3.63, 3.8) is 0 Å². The van der Waals surface area contributed by atoms with Crippen molar-refractivity contribution in [2.75, 3.05) is 12.0 Å². The summed E-state index contributed by atoms with van der Waals surface area (Å²) in [5, 5.41) is 2.14. The number of benzene rings is 3. The Hall–Kier alpha value is -4.24. The van der Waals surface area contributed by atoms with E-state index in [4.69, 9.17) is 21.1 Å². The fourth-order valence-electron chi connectivity index (χ4n) is 3.40. The summed E-state index contributed by atoms with van der Waals surface area (Å²) in [6.07, 6.45) is 1.21. The Bertz CT molecular complexity index is 1380. The van der Waals surface area contributed by atoms with Crippen LogP contribution in [0, 0.1) is 11.6 Å². The highest BCUT2D eigenvalue weighted by atomic mass is 35.5. The van der Waals surface area contributed by atoms with Crippen LogP contribution in [0.25, 0.3) is 6.08 Å². The lowest BCUT2D eigenvalue weighted by atomic mass is 10.1. The lowest BCUT2D eigenvalue weighted by Crippen LogP contribution is -2.54. The van der Waals surface area contributed by atoms with E-state index < -0.39 is 29.5 Å². The summed E-state index contributed by atoms with van der Waals surface area (Å²) in [5.74, 6) is -2.67. The first-order chi connectivity index (χ1) is 16.8. The van der Waals surface area contributed by atoms with E-state index in [1.807, 2.05) is 0 Å². The third-order valence-electron chi connectivity index (χ3n) is 5.06. The fourth-order valence-corrected chi connectivity index (χ4v) is 3.68. The highest BCUT2D eigenvalue weighted by molar-refractivity contribution is 6.39. The van der Waals surface area contributed by atoms with Crippen LogP contribution in [0.3, 0.4) is 0 Å². The average molecular weight is 499 g/mol. The molecule has 0 aromatic heterocycles. The van der Waals surface area contributed by atoms with E-state index in [0.717, 1.165) is 12.1 Å². The molecule has 0 spiro atoms. The van der Waals surface area contributed by atoms with Crippen LogP contribution < -0.4 is 19.7 Å². The van der Waals surface area contributed by atoms with Gasteiger partial charge in [-0.3, -0.25) is 14.9 Å². The zero-order chi connectivity index (χ0) is 25.1. The van der Waals surface area contributed by atoms with Gasteiger partial charge in [-0.15, -0.1) is 0 Å². The number of methoxy groups -OCH3 is 1. The molecule has 1 heterocycles. The van der Waals surface area contributed by atoms with Crippen LogP contribution in [0.1, 0.15) is 11.1 Å². The first-order valence-corrected chi connectivity index (χ1v) is 10.6. The van der Waals surface area contributed by atoms with Crippen LogP contribution in [0.2, 0.25) is 5.02 Å². The van der Waals surface area contributed by atoms with Crippen LogP contribution in [0.15, 0.2) is 66.2 Å².